The third kappa shape index (κ3) is 1.26. The Balaban J connectivity index is 2.76. The number of nitroso groups, excluding NO2 is 1. The van der Waals surface area contributed by atoms with Crippen molar-refractivity contribution in [3.8, 4) is 0 Å². The van der Waals surface area contributed by atoms with Crippen LogP contribution in [0.25, 0.3) is 0 Å². The summed E-state index contributed by atoms with van der Waals surface area (Å²) >= 11 is 0. The van der Waals surface area contributed by atoms with Gasteiger partial charge in [0.15, 0.2) is 5.69 Å². The first kappa shape index (κ1) is 11.5. The second-order valence-corrected chi connectivity index (χ2v) is 4.92. The third-order valence-corrected chi connectivity index (χ3v) is 3.11. The summed E-state index contributed by atoms with van der Waals surface area (Å²) in [6.45, 7) is 6.96. The second kappa shape index (κ2) is 3.25. The molecule has 92 valence electrons. The summed E-state index contributed by atoms with van der Waals surface area (Å²) in [6, 6.07) is 0. The van der Waals surface area contributed by atoms with Gasteiger partial charge in [0.2, 0.25) is 0 Å². The van der Waals surface area contributed by atoms with Crippen molar-refractivity contribution in [1.82, 2.24) is 15.3 Å². The lowest BCUT2D eigenvalue weighted by molar-refractivity contribution is 0.0397. The lowest BCUT2D eigenvalue weighted by Crippen LogP contribution is -2.59. The molecule has 8 nitrogen and oxygen atoms in total. The molecule has 1 aliphatic rings. The van der Waals surface area contributed by atoms with Gasteiger partial charge in [-0.3, -0.25) is 0 Å². The Kier molecular flexibility index (Phi) is 2.20. The zero-order valence-corrected chi connectivity index (χ0v) is 10.00. The van der Waals surface area contributed by atoms with Crippen molar-refractivity contribution in [2.24, 2.45) is 10.4 Å². The largest absolute Gasteiger partial charge is 0.411 e. The second-order valence-electron chi connectivity index (χ2n) is 4.92. The van der Waals surface area contributed by atoms with E-state index in [1.54, 1.807) is 27.7 Å². The first-order valence-corrected chi connectivity index (χ1v) is 5.07. The van der Waals surface area contributed by atoms with Crippen LogP contribution in [-0.4, -0.2) is 31.8 Å². The first-order chi connectivity index (χ1) is 7.87. The van der Waals surface area contributed by atoms with Gasteiger partial charge >= 0.3 is 0 Å². The van der Waals surface area contributed by atoms with E-state index >= 15 is 0 Å². The highest BCUT2D eigenvalue weighted by Crippen LogP contribution is 2.41. The fraction of sp³-hybridized carbons (Fsp3) is 0.667. The maximum atomic E-state index is 11.0. The van der Waals surface area contributed by atoms with Crippen molar-refractivity contribution < 1.29 is 9.84 Å². The minimum absolute atomic E-state index is 0.202. The molecule has 0 atom stereocenters. The van der Waals surface area contributed by atoms with E-state index in [2.05, 4.69) is 25.4 Å². The molecule has 2 rings (SSSR count). The van der Waals surface area contributed by atoms with Crippen LogP contribution < -0.4 is 0 Å². The van der Waals surface area contributed by atoms with Gasteiger partial charge in [-0.15, -0.1) is 4.91 Å². The molecule has 0 aromatic carbocycles. The van der Waals surface area contributed by atoms with Gasteiger partial charge in [0.1, 0.15) is 22.5 Å². The number of aromatic nitrogens is 2. The molecule has 0 radical (unpaired) electrons. The molecule has 0 aliphatic carbocycles. The van der Waals surface area contributed by atoms with E-state index in [0.29, 0.717) is 11.4 Å². The SMILES string of the molecule is CC1(C)C(=NO)c2nonc2C(C)(C)N1N=O. The van der Waals surface area contributed by atoms with Crippen molar-refractivity contribution in [2.75, 3.05) is 0 Å². The summed E-state index contributed by atoms with van der Waals surface area (Å²) in [7, 11) is 0. The minimum Gasteiger partial charge on any atom is -0.411 e. The van der Waals surface area contributed by atoms with Gasteiger partial charge in [-0.2, -0.15) is 0 Å². The molecule has 0 amide bonds. The summed E-state index contributed by atoms with van der Waals surface area (Å²) < 4.78 is 4.66. The molecule has 1 aromatic heterocycles. The van der Waals surface area contributed by atoms with Crippen molar-refractivity contribution in [3.63, 3.8) is 0 Å². The topological polar surface area (TPSA) is 104 Å². The Bertz CT molecular complexity index is 491. The Labute approximate surface area is 97.2 Å². The summed E-state index contributed by atoms with van der Waals surface area (Å²) in [4.78, 5) is 11.0. The number of oxime groups is 1. The third-order valence-electron chi connectivity index (χ3n) is 3.11. The minimum atomic E-state index is -0.897. The lowest BCUT2D eigenvalue weighted by atomic mass is 9.81. The molecule has 0 spiro atoms. The summed E-state index contributed by atoms with van der Waals surface area (Å²) in [5.74, 6) is 0. The molecule has 0 saturated heterocycles. The maximum Gasteiger partial charge on any atom is 0.160 e. The molecule has 8 heteroatoms. The maximum absolute atomic E-state index is 11.0. The van der Waals surface area contributed by atoms with Crippen molar-refractivity contribution in [1.29, 1.82) is 0 Å². The molecule has 0 saturated carbocycles. The van der Waals surface area contributed by atoms with E-state index in [1.165, 1.54) is 5.01 Å². The number of fused-ring (bicyclic) bond motifs is 1. The van der Waals surface area contributed by atoms with E-state index < -0.39 is 11.1 Å². The fourth-order valence-corrected chi connectivity index (χ4v) is 2.31. The zero-order valence-electron chi connectivity index (χ0n) is 10.00. The standard InChI is InChI=1S/C9H13N5O3/c1-8(2)6(10-15)5-7(12-17-11-5)9(3,4)14(8)13-16/h15H,1-4H3. The Morgan fingerprint density at radius 3 is 2.41 bits per heavy atom. The van der Waals surface area contributed by atoms with Crippen LogP contribution >= 0.6 is 0 Å². The van der Waals surface area contributed by atoms with Crippen LogP contribution in [0.4, 0.5) is 0 Å². The van der Waals surface area contributed by atoms with Crippen molar-refractivity contribution in [3.05, 3.63) is 16.3 Å². The van der Waals surface area contributed by atoms with Gasteiger partial charge in [0.25, 0.3) is 0 Å². The first-order valence-electron chi connectivity index (χ1n) is 5.07. The van der Waals surface area contributed by atoms with E-state index in [-0.39, 0.29) is 5.71 Å². The van der Waals surface area contributed by atoms with Gasteiger partial charge in [0, 0.05) is 0 Å². The summed E-state index contributed by atoms with van der Waals surface area (Å²) in [5.41, 5.74) is -0.709. The monoisotopic (exact) mass is 239 g/mol. The molecule has 1 aromatic rings. The highest BCUT2D eigenvalue weighted by atomic mass is 16.6. The van der Waals surface area contributed by atoms with Gasteiger partial charge in [-0.25, -0.2) is 9.64 Å². The molecule has 0 unspecified atom stereocenters. The van der Waals surface area contributed by atoms with Crippen molar-refractivity contribution >= 4 is 5.71 Å². The van der Waals surface area contributed by atoms with Gasteiger partial charge in [0.05, 0.1) is 5.29 Å². The van der Waals surface area contributed by atoms with Crippen LogP contribution in [0.15, 0.2) is 15.1 Å². The Morgan fingerprint density at radius 1 is 1.24 bits per heavy atom. The van der Waals surface area contributed by atoms with Crippen LogP contribution in [0, 0.1) is 4.91 Å². The molecule has 1 aliphatic heterocycles. The van der Waals surface area contributed by atoms with Gasteiger partial charge in [-0.05, 0) is 32.9 Å². The predicted octanol–water partition coefficient (Wildman–Crippen LogP) is 1.26. The summed E-state index contributed by atoms with van der Waals surface area (Å²) in [5, 5.41) is 24.0. The van der Waals surface area contributed by atoms with Crippen LogP contribution in [-0.2, 0) is 5.54 Å². The average molecular weight is 239 g/mol. The van der Waals surface area contributed by atoms with Crippen molar-refractivity contribution in [2.45, 2.75) is 38.8 Å². The fourth-order valence-electron chi connectivity index (χ4n) is 2.31. The van der Waals surface area contributed by atoms with Crippen LogP contribution in [0.5, 0.6) is 0 Å². The molecule has 0 fully saturated rings. The highest BCUT2D eigenvalue weighted by Gasteiger charge is 2.53. The van der Waals surface area contributed by atoms with Crippen LogP contribution in [0.2, 0.25) is 0 Å². The van der Waals surface area contributed by atoms with E-state index in [9.17, 15) is 4.91 Å². The highest BCUT2D eigenvalue weighted by molar-refractivity contribution is 6.07. The molecule has 17 heavy (non-hydrogen) atoms. The Morgan fingerprint density at radius 2 is 1.88 bits per heavy atom. The molecule has 1 N–H and O–H groups in total. The van der Waals surface area contributed by atoms with Crippen LogP contribution in [0.1, 0.15) is 39.1 Å². The lowest BCUT2D eigenvalue weighted by Gasteiger charge is -2.46. The smallest absolute Gasteiger partial charge is 0.160 e. The van der Waals surface area contributed by atoms with Crippen LogP contribution in [0.3, 0.4) is 0 Å². The molecular weight excluding hydrogens is 226 g/mol. The molecular formula is C9H13N5O3. The van der Waals surface area contributed by atoms with Gasteiger partial charge in [-0.1, -0.05) is 10.3 Å². The molecule has 0 bridgehead atoms. The van der Waals surface area contributed by atoms with E-state index in [0.717, 1.165) is 0 Å². The number of hydrogen-bond acceptors (Lipinski definition) is 7. The predicted molar refractivity (Wildman–Crippen MR) is 57.4 cm³/mol. The number of hydrogen-bond donors (Lipinski definition) is 1. The zero-order chi connectivity index (χ0) is 12.8. The quantitative estimate of drug-likeness (QED) is 0.449. The molecule has 2 heterocycles. The summed E-state index contributed by atoms with van der Waals surface area (Å²) in [6.07, 6.45) is 0. The van der Waals surface area contributed by atoms with E-state index in [1.807, 2.05) is 0 Å². The number of rotatable bonds is 1. The van der Waals surface area contributed by atoms with Gasteiger partial charge < -0.3 is 5.21 Å². The van der Waals surface area contributed by atoms with E-state index in [4.69, 9.17) is 5.21 Å². The normalized spacial score (nSPS) is 23.5. The Hall–Kier alpha value is -1.99. The average Bonchev–Trinajstić information content (AvgIpc) is 2.66. The number of nitrogens with zero attached hydrogens (tertiary/aromatic N) is 5.